The van der Waals surface area contributed by atoms with Crippen LogP contribution in [0, 0.1) is 6.92 Å². The zero-order chi connectivity index (χ0) is 18.6. The van der Waals surface area contributed by atoms with E-state index in [2.05, 4.69) is 0 Å². The van der Waals surface area contributed by atoms with E-state index in [4.69, 9.17) is 26.8 Å². The van der Waals surface area contributed by atoms with Gasteiger partial charge >= 0.3 is 11.9 Å². The lowest BCUT2D eigenvalue weighted by atomic mass is 10.1. The van der Waals surface area contributed by atoms with Gasteiger partial charge in [-0.25, -0.2) is 9.59 Å². The van der Waals surface area contributed by atoms with E-state index in [9.17, 15) is 19.8 Å². The molecule has 9 heteroatoms. The number of phenols is 3. The predicted octanol–water partition coefficient (Wildman–Crippen LogP) is 1.36. The molecule has 0 atom stereocenters. The summed E-state index contributed by atoms with van der Waals surface area (Å²) in [7, 11) is 0. The SMILES string of the molecule is Cc1c(O)c(N)cc(N)c1O.O=C(O)c1ccc(C(=O)O)c(O)c1. The van der Waals surface area contributed by atoms with Crippen molar-refractivity contribution in [1.29, 1.82) is 0 Å². The van der Waals surface area contributed by atoms with Gasteiger partial charge in [-0.3, -0.25) is 0 Å². The lowest BCUT2D eigenvalue weighted by molar-refractivity contribution is 0.0678. The van der Waals surface area contributed by atoms with E-state index in [1.807, 2.05) is 0 Å². The number of hydrogen-bond acceptors (Lipinski definition) is 7. The summed E-state index contributed by atoms with van der Waals surface area (Å²) in [4.78, 5) is 20.8. The zero-order valence-electron chi connectivity index (χ0n) is 12.5. The van der Waals surface area contributed by atoms with Crippen molar-refractivity contribution >= 4 is 23.3 Å². The summed E-state index contributed by atoms with van der Waals surface area (Å²) >= 11 is 0. The minimum Gasteiger partial charge on any atom is -0.507 e. The summed E-state index contributed by atoms with van der Waals surface area (Å²) in [5.41, 5.74) is 10.9. The van der Waals surface area contributed by atoms with Crippen molar-refractivity contribution in [2.45, 2.75) is 6.92 Å². The normalized spacial score (nSPS) is 9.71. The second-order valence-corrected chi connectivity index (χ2v) is 4.72. The van der Waals surface area contributed by atoms with Gasteiger partial charge in [0.05, 0.1) is 16.9 Å². The van der Waals surface area contributed by atoms with Crippen molar-refractivity contribution in [3.8, 4) is 17.2 Å². The van der Waals surface area contributed by atoms with Gasteiger partial charge in [0, 0.05) is 5.56 Å². The number of phenolic OH excluding ortho intramolecular Hbond substituents is 2. The standard InChI is InChI=1S/C8H6O5.C7H10N2O2/c9-6-3-4(7(10)11)1-2-5(6)8(12)13;1-3-6(10)4(8)2-5(9)7(3)11/h1-3,9H,(H,10,11)(H,12,13);2,10-11H,8-9H2,1H3. The van der Waals surface area contributed by atoms with Crippen molar-refractivity contribution in [1.82, 2.24) is 0 Å². The molecule has 9 nitrogen and oxygen atoms in total. The van der Waals surface area contributed by atoms with Gasteiger partial charge in [0.1, 0.15) is 22.8 Å². The van der Waals surface area contributed by atoms with Crippen LogP contribution in [-0.4, -0.2) is 37.5 Å². The van der Waals surface area contributed by atoms with E-state index in [0.29, 0.717) is 5.56 Å². The Balaban J connectivity index is 0.000000243. The van der Waals surface area contributed by atoms with Gasteiger partial charge < -0.3 is 37.0 Å². The lowest BCUT2D eigenvalue weighted by Gasteiger charge is -2.07. The number of nitrogens with two attached hydrogens (primary N) is 2. The molecule has 0 saturated heterocycles. The van der Waals surface area contributed by atoms with E-state index in [-0.39, 0.29) is 34.0 Å². The number of anilines is 2. The molecule has 0 spiro atoms. The highest BCUT2D eigenvalue weighted by Crippen LogP contribution is 2.36. The molecule has 0 aliphatic carbocycles. The number of carboxylic acid groups (broad SMARTS) is 2. The number of aromatic carboxylic acids is 2. The third kappa shape index (κ3) is 3.97. The number of hydrogen-bond donors (Lipinski definition) is 7. The molecule has 9 N–H and O–H groups in total. The molecule has 2 aromatic rings. The predicted molar refractivity (Wildman–Crippen MR) is 85.4 cm³/mol. The molecular weight excluding hydrogens is 320 g/mol. The molecule has 2 rings (SSSR count). The molecule has 128 valence electrons. The minimum absolute atomic E-state index is 0.114. The van der Waals surface area contributed by atoms with E-state index < -0.39 is 17.7 Å². The highest BCUT2D eigenvalue weighted by Gasteiger charge is 2.12. The summed E-state index contributed by atoms with van der Waals surface area (Å²) < 4.78 is 0. The second-order valence-electron chi connectivity index (χ2n) is 4.72. The Morgan fingerprint density at radius 1 is 0.875 bits per heavy atom. The first-order chi connectivity index (χ1) is 11.1. The fraction of sp³-hybridized carbons (Fsp3) is 0.0667. The molecule has 0 unspecified atom stereocenters. The lowest BCUT2D eigenvalue weighted by Crippen LogP contribution is -2.00. The minimum atomic E-state index is -1.30. The Morgan fingerprint density at radius 2 is 1.38 bits per heavy atom. The Bertz CT molecular complexity index is 777. The summed E-state index contributed by atoms with van der Waals surface area (Å²) in [6.45, 7) is 1.54. The molecule has 0 bridgehead atoms. The fourth-order valence-corrected chi connectivity index (χ4v) is 1.69. The van der Waals surface area contributed by atoms with E-state index in [1.54, 1.807) is 0 Å². The van der Waals surface area contributed by atoms with Gasteiger partial charge in [0.25, 0.3) is 0 Å². The average Bonchev–Trinajstić information content (AvgIpc) is 2.51. The molecular formula is C15H16N2O7. The maximum Gasteiger partial charge on any atom is 0.339 e. The summed E-state index contributed by atoms with van der Waals surface area (Å²) in [5.74, 6) is -3.29. The van der Waals surface area contributed by atoms with Crippen molar-refractivity contribution in [3.63, 3.8) is 0 Å². The highest BCUT2D eigenvalue weighted by molar-refractivity contribution is 5.94. The van der Waals surface area contributed by atoms with Crippen LogP contribution in [0.2, 0.25) is 0 Å². The van der Waals surface area contributed by atoms with Gasteiger partial charge in [-0.05, 0) is 31.2 Å². The van der Waals surface area contributed by atoms with Gasteiger partial charge in [0.2, 0.25) is 0 Å². The zero-order valence-corrected chi connectivity index (χ0v) is 12.5. The number of nitrogen functional groups attached to an aromatic ring is 2. The monoisotopic (exact) mass is 336 g/mol. The van der Waals surface area contributed by atoms with Gasteiger partial charge in [0.15, 0.2) is 0 Å². The molecule has 24 heavy (non-hydrogen) atoms. The van der Waals surface area contributed by atoms with Crippen molar-refractivity contribution < 1.29 is 35.1 Å². The maximum atomic E-state index is 10.4. The molecule has 0 fully saturated rings. The van der Waals surface area contributed by atoms with Crippen molar-refractivity contribution in [2.24, 2.45) is 0 Å². The maximum absolute atomic E-state index is 10.4. The van der Waals surface area contributed by atoms with Crippen LogP contribution < -0.4 is 11.5 Å². The van der Waals surface area contributed by atoms with Crippen LogP contribution in [0.1, 0.15) is 26.3 Å². The fourth-order valence-electron chi connectivity index (χ4n) is 1.69. The van der Waals surface area contributed by atoms with Crippen LogP contribution >= 0.6 is 0 Å². The Hall–Kier alpha value is -3.62. The van der Waals surface area contributed by atoms with Crippen LogP contribution in [0.4, 0.5) is 11.4 Å². The topological polar surface area (TPSA) is 187 Å². The first-order valence-electron chi connectivity index (χ1n) is 6.42. The average molecular weight is 336 g/mol. The van der Waals surface area contributed by atoms with Crippen LogP contribution in [-0.2, 0) is 0 Å². The van der Waals surface area contributed by atoms with Gasteiger partial charge in [-0.1, -0.05) is 0 Å². The Kier molecular flexibility index (Phi) is 5.45. The van der Waals surface area contributed by atoms with Crippen molar-refractivity contribution in [2.75, 3.05) is 11.5 Å². The molecule has 0 heterocycles. The summed E-state index contributed by atoms with van der Waals surface area (Å²) in [6, 6.07) is 4.37. The van der Waals surface area contributed by atoms with Crippen LogP contribution in [0.5, 0.6) is 17.2 Å². The van der Waals surface area contributed by atoms with E-state index >= 15 is 0 Å². The highest BCUT2D eigenvalue weighted by atomic mass is 16.4. The molecule has 0 aliphatic rings. The van der Waals surface area contributed by atoms with Crippen molar-refractivity contribution in [3.05, 3.63) is 41.0 Å². The molecule has 0 aromatic heterocycles. The van der Waals surface area contributed by atoms with Gasteiger partial charge in [-0.2, -0.15) is 0 Å². The number of benzene rings is 2. The number of rotatable bonds is 2. The smallest absolute Gasteiger partial charge is 0.339 e. The third-order valence-corrected chi connectivity index (χ3v) is 3.04. The van der Waals surface area contributed by atoms with Gasteiger partial charge in [-0.15, -0.1) is 0 Å². The molecule has 0 saturated carbocycles. The van der Waals surface area contributed by atoms with E-state index in [0.717, 1.165) is 18.2 Å². The van der Waals surface area contributed by atoms with Crippen LogP contribution in [0.3, 0.4) is 0 Å². The van der Waals surface area contributed by atoms with E-state index in [1.165, 1.54) is 13.0 Å². The number of carboxylic acids is 2. The number of aromatic hydroxyl groups is 3. The molecule has 2 aromatic carbocycles. The van der Waals surface area contributed by atoms with Crippen LogP contribution in [0.15, 0.2) is 24.3 Å². The second kappa shape index (κ2) is 7.09. The quantitative estimate of drug-likeness (QED) is 0.241. The molecule has 0 aliphatic heterocycles. The largest absolute Gasteiger partial charge is 0.507 e. The Labute approximate surface area is 136 Å². The molecule has 0 radical (unpaired) electrons. The summed E-state index contributed by atoms with van der Waals surface area (Å²) in [6.07, 6.45) is 0. The summed E-state index contributed by atoms with van der Waals surface area (Å²) in [5, 5.41) is 44.4. The number of carbonyl (C=O) groups is 2. The Morgan fingerprint density at radius 3 is 1.75 bits per heavy atom. The molecule has 0 amide bonds. The first kappa shape index (κ1) is 18.4. The first-order valence-corrected chi connectivity index (χ1v) is 6.42. The van der Waals surface area contributed by atoms with Crippen LogP contribution in [0.25, 0.3) is 0 Å². The third-order valence-electron chi connectivity index (χ3n) is 3.04.